The Kier molecular flexibility index (Phi) is 8.89. The molecule has 3 rings (SSSR count). The summed E-state index contributed by atoms with van der Waals surface area (Å²) >= 11 is 0. The number of hydrazone groups is 1. The molecule has 210 valence electrons. The summed E-state index contributed by atoms with van der Waals surface area (Å²) < 4.78 is 43.0. The molecule has 8 atom stereocenters. The van der Waals surface area contributed by atoms with E-state index in [1.165, 1.54) is 0 Å². The van der Waals surface area contributed by atoms with Gasteiger partial charge in [0.1, 0.15) is 36.6 Å². The maximum absolute atomic E-state index is 12.0. The molecule has 20 nitrogen and oxygen atoms in total. The van der Waals surface area contributed by atoms with E-state index in [9.17, 15) is 34.4 Å². The first-order chi connectivity index (χ1) is 17.0. The summed E-state index contributed by atoms with van der Waals surface area (Å²) in [5.41, 5.74) is 7.37. The third kappa shape index (κ3) is 6.96. The second-order valence-corrected chi connectivity index (χ2v) is 10.4. The van der Waals surface area contributed by atoms with Crippen LogP contribution >= 0.6 is 15.6 Å². The van der Waals surface area contributed by atoms with Gasteiger partial charge in [-0.1, -0.05) is 0 Å². The highest BCUT2D eigenvalue weighted by atomic mass is 31.2. The van der Waals surface area contributed by atoms with Crippen LogP contribution in [-0.2, 0) is 27.7 Å². The van der Waals surface area contributed by atoms with Crippen molar-refractivity contribution in [1.29, 1.82) is 0 Å². The number of primary amides is 1. The smallest absolute Gasteiger partial charge is 0.387 e. The van der Waals surface area contributed by atoms with Crippen LogP contribution in [0.25, 0.3) is 0 Å². The van der Waals surface area contributed by atoms with Gasteiger partial charge in [-0.05, 0) is 0 Å². The highest BCUT2D eigenvalue weighted by Gasteiger charge is 2.50. The number of carbonyl (C=O) groups excluding carboxylic acids is 1. The van der Waals surface area contributed by atoms with Crippen LogP contribution in [0, 0.1) is 0 Å². The van der Waals surface area contributed by atoms with Gasteiger partial charge in [-0.15, -0.1) is 4.68 Å². The molecular weight excluding hydrogens is 552 g/mol. The molecule has 2 unspecified atom stereocenters. The molecule has 22 heteroatoms. The number of aliphatic hydroxyl groups is 4. The van der Waals surface area contributed by atoms with Crippen LogP contribution < -0.4 is 11.2 Å². The van der Waals surface area contributed by atoms with Crippen LogP contribution in [0.15, 0.2) is 6.33 Å². The van der Waals surface area contributed by atoms with Gasteiger partial charge < -0.3 is 55.2 Å². The number of nitrogens with two attached hydrogens (primary N) is 1. The second kappa shape index (κ2) is 11.1. The molecule has 1 aromatic heterocycles. The molecule has 0 spiro atoms. The number of aromatic nitrogens is 2. The lowest BCUT2D eigenvalue weighted by Crippen LogP contribution is -2.45. The molecular formula is C15H26N5O15P2+. The molecule has 11 N–H and O–H groups in total. The minimum absolute atomic E-state index is 0.305. The Morgan fingerprint density at radius 3 is 2.05 bits per heavy atom. The number of phosphoric acid groups is 2. The van der Waals surface area contributed by atoms with E-state index in [0.717, 1.165) is 15.6 Å². The first kappa shape index (κ1) is 29.7. The van der Waals surface area contributed by atoms with E-state index in [-0.39, 0.29) is 5.82 Å². The highest BCUT2D eigenvalue weighted by Crippen LogP contribution is 2.40. The zero-order valence-corrected chi connectivity index (χ0v) is 20.4. The Morgan fingerprint density at radius 2 is 1.54 bits per heavy atom. The fourth-order valence-corrected chi connectivity index (χ4v) is 4.31. The molecule has 1 aromatic rings. The fourth-order valence-electron chi connectivity index (χ4n) is 3.63. The van der Waals surface area contributed by atoms with Gasteiger partial charge in [-0.25, -0.2) is 19.5 Å². The van der Waals surface area contributed by atoms with Crippen molar-refractivity contribution < 1.29 is 77.1 Å². The van der Waals surface area contributed by atoms with Gasteiger partial charge in [0.05, 0.1) is 19.9 Å². The summed E-state index contributed by atoms with van der Waals surface area (Å²) in [6.45, 7) is 2.02. The van der Waals surface area contributed by atoms with Crippen LogP contribution in [0.5, 0.6) is 0 Å². The van der Waals surface area contributed by atoms with Gasteiger partial charge in [0.25, 0.3) is 5.91 Å². The summed E-state index contributed by atoms with van der Waals surface area (Å²) in [5, 5.41) is 41.1. The monoisotopic (exact) mass is 578 g/mol. The average molecular weight is 578 g/mol. The van der Waals surface area contributed by atoms with Gasteiger partial charge in [-0.2, -0.15) is 4.57 Å². The van der Waals surface area contributed by atoms with Gasteiger partial charge in [0.15, 0.2) is 12.6 Å². The van der Waals surface area contributed by atoms with Gasteiger partial charge in [0, 0.05) is 0 Å². The summed E-state index contributed by atoms with van der Waals surface area (Å²) in [6.07, 6.45) is -11.6. The van der Waals surface area contributed by atoms with E-state index in [0.29, 0.717) is 0 Å². The minimum Gasteiger partial charge on any atom is -0.387 e. The predicted octanol–water partition coefficient (Wildman–Crippen LogP) is -4.88. The maximum atomic E-state index is 12.0. The van der Waals surface area contributed by atoms with E-state index in [1.807, 2.05) is 0 Å². The van der Waals surface area contributed by atoms with Crippen LogP contribution in [0.1, 0.15) is 16.7 Å². The predicted molar refractivity (Wildman–Crippen MR) is 114 cm³/mol. The highest BCUT2D eigenvalue weighted by molar-refractivity contribution is 7.46. The Hall–Kier alpha value is -1.87. The van der Waals surface area contributed by atoms with E-state index >= 15 is 0 Å². The van der Waals surface area contributed by atoms with Gasteiger partial charge in [-0.3, -0.25) is 13.8 Å². The quantitative estimate of drug-likeness (QED) is 0.0509. The van der Waals surface area contributed by atoms with Crippen molar-refractivity contribution in [2.75, 3.05) is 13.2 Å². The summed E-state index contributed by atoms with van der Waals surface area (Å²) in [4.78, 5) is 51.1. The first-order valence-electron chi connectivity index (χ1n) is 10.2. The molecule has 2 fully saturated rings. The Bertz CT molecular complexity index is 1110. The van der Waals surface area contributed by atoms with Crippen LogP contribution in [0.3, 0.4) is 0 Å². The molecule has 2 aliphatic rings. The zero-order chi connectivity index (χ0) is 27.9. The first-order valence-corrected chi connectivity index (χ1v) is 13.2. The number of ether oxygens (including phenoxy) is 2. The topological polar surface area (TPSA) is 309 Å². The summed E-state index contributed by atoms with van der Waals surface area (Å²) in [7, 11) is -9.84. The summed E-state index contributed by atoms with van der Waals surface area (Å²) in [6, 6.07) is 0. The fraction of sp³-hybridized carbons (Fsp3) is 0.667. The van der Waals surface area contributed by atoms with Crippen LogP contribution in [0.2, 0.25) is 0 Å². The lowest BCUT2D eigenvalue weighted by atomic mass is 10.1. The van der Waals surface area contributed by atoms with Gasteiger partial charge >= 0.3 is 21.5 Å². The van der Waals surface area contributed by atoms with Crippen LogP contribution in [0.4, 0.5) is 5.82 Å². The Balaban J connectivity index is 1.81. The van der Waals surface area contributed by atoms with Crippen molar-refractivity contribution in [1.82, 2.24) is 15.0 Å². The molecule has 2 saturated heterocycles. The number of nitrogens with one attached hydrogen (secondary N) is 1. The van der Waals surface area contributed by atoms with Crippen molar-refractivity contribution in [3.8, 4) is 0 Å². The largest absolute Gasteiger partial charge is 0.469 e. The number of aliphatic hydroxyl groups excluding tert-OH is 4. The Morgan fingerprint density at radius 1 is 1.03 bits per heavy atom. The molecule has 0 bridgehead atoms. The molecule has 3 heterocycles. The lowest BCUT2D eigenvalue weighted by Gasteiger charge is -2.19. The van der Waals surface area contributed by atoms with E-state index in [4.69, 9.17) is 34.8 Å². The van der Waals surface area contributed by atoms with E-state index in [1.54, 1.807) is 0 Å². The number of carbonyl (C=O) groups is 1. The maximum Gasteiger partial charge on any atom is 0.469 e. The van der Waals surface area contributed by atoms with E-state index in [2.05, 4.69) is 26.2 Å². The van der Waals surface area contributed by atoms with E-state index < -0.39 is 89.5 Å². The van der Waals surface area contributed by atoms with Crippen LogP contribution in [-0.4, -0.2) is 123 Å². The van der Waals surface area contributed by atoms with Gasteiger partial charge in [0.2, 0.25) is 11.9 Å². The van der Waals surface area contributed by atoms with Crippen molar-refractivity contribution in [2.24, 2.45) is 5.73 Å². The second-order valence-electron chi connectivity index (χ2n) is 7.94. The SMILES string of the molecule is C=[N+](NC1O[C@H](COP(=O)(O)O)[C@@H](O)[C@H]1O)c1c(C(N)=O)ncn1C1O[C@H](COP(=O)(O)O)[C@@H](O)[C@H]1O. The standard InChI is InChI=1S/C15H25N5O15P2/c1-19(18-13-10(23)8(21)5(34-13)2-32-36(26,27)28)14-7(12(16)25)17-4-20(14)15-11(24)9(22)6(35-15)3-33-37(29,30)31/h4-6,8-11,13,15,18,21-24H,1-3H2,(H5-,16,25,26,27,28,29,30,31)/p+1/t5-,6-,8-,9-,10-,11-,13?,15?/m1/s1. The van der Waals surface area contributed by atoms with Crippen molar-refractivity contribution in [3.05, 3.63) is 12.0 Å². The average Bonchev–Trinajstić information content (AvgIpc) is 3.41. The molecule has 0 aliphatic carbocycles. The number of hydrazine groups is 1. The summed E-state index contributed by atoms with van der Waals surface area (Å²) in [5.74, 6) is -1.39. The van der Waals surface area contributed by atoms with Crippen molar-refractivity contribution in [2.45, 2.75) is 49.1 Å². The number of amides is 1. The number of phosphoric ester groups is 2. The zero-order valence-electron chi connectivity index (χ0n) is 18.6. The minimum atomic E-state index is -4.93. The lowest BCUT2D eigenvalue weighted by molar-refractivity contribution is -0.526. The molecule has 37 heavy (non-hydrogen) atoms. The third-order valence-electron chi connectivity index (χ3n) is 5.33. The molecule has 0 saturated carbocycles. The molecule has 0 radical (unpaired) electrons. The van der Waals surface area contributed by atoms with Crippen molar-refractivity contribution in [3.63, 3.8) is 0 Å². The normalized spacial score (nSPS) is 32.5. The number of imidazole rings is 1. The molecule has 2 aliphatic heterocycles. The van der Waals surface area contributed by atoms with Crippen molar-refractivity contribution >= 4 is 34.1 Å². The third-order valence-corrected chi connectivity index (χ3v) is 6.30. The molecule has 0 aromatic carbocycles. The molecule has 1 amide bonds. The number of hydrogen-bond acceptors (Lipinski definition) is 13. The Labute approximate surface area is 206 Å². The number of hydrogen-bond donors (Lipinski definition) is 10. The number of rotatable bonds is 11. The number of nitrogens with zero attached hydrogens (tertiary/aromatic N) is 3.